The van der Waals surface area contributed by atoms with Crippen molar-refractivity contribution in [2.24, 2.45) is 11.8 Å². The fourth-order valence-electron chi connectivity index (χ4n) is 5.36. The van der Waals surface area contributed by atoms with Crippen LogP contribution in [0.1, 0.15) is 74.9 Å². The van der Waals surface area contributed by atoms with E-state index >= 15 is 0 Å². The molecule has 1 saturated carbocycles. The number of pyridine rings is 1. The summed E-state index contributed by atoms with van der Waals surface area (Å²) >= 11 is 0. The highest BCUT2D eigenvalue weighted by Crippen LogP contribution is 2.47. The molecule has 0 saturated heterocycles. The van der Waals surface area contributed by atoms with Gasteiger partial charge in [-0.15, -0.1) is 0 Å². The summed E-state index contributed by atoms with van der Waals surface area (Å²) in [7, 11) is 1.49. The van der Waals surface area contributed by atoms with Crippen molar-refractivity contribution in [3.05, 3.63) is 77.2 Å². The zero-order valence-corrected chi connectivity index (χ0v) is 24.2. The number of esters is 1. The number of Topliss-reactive ketones (excluding diaryl/α,β-unsaturated/α-hetero) is 1. The molecule has 2 atom stereocenters. The molecule has 1 aliphatic carbocycles. The normalized spacial score (nSPS) is 14.7. The first kappa shape index (κ1) is 29.4. The van der Waals surface area contributed by atoms with Gasteiger partial charge in [0.15, 0.2) is 0 Å². The summed E-state index contributed by atoms with van der Waals surface area (Å²) in [5.74, 6) is 0.379. The average Bonchev–Trinajstić information content (AvgIpc) is 3.77. The maximum Gasteiger partial charge on any atom is 0.343 e. The van der Waals surface area contributed by atoms with E-state index in [-0.39, 0.29) is 23.7 Å². The molecule has 0 aliphatic heterocycles. The molecule has 212 valence electrons. The van der Waals surface area contributed by atoms with E-state index in [9.17, 15) is 14.0 Å². The van der Waals surface area contributed by atoms with E-state index < -0.39 is 11.8 Å². The van der Waals surface area contributed by atoms with Crippen LogP contribution in [0.4, 0.5) is 4.39 Å². The van der Waals surface area contributed by atoms with Crippen LogP contribution >= 0.6 is 0 Å². The van der Waals surface area contributed by atoms with Gasteiger partial charge in [-0.05, 0) is 92.9 Å². The second-order valence-corrected chi connectivity index (χ2v) is 11.0. The summed E-state index contributed by atoms with van der Waals surface area (Å²) in [6, 6.07) is 14.5. The number of ether oxygens (including phenoxy) is 2. The Morgan fingerprint density at radius 1 is 1.07 bits per heavy atom. The van der Waals surface area contributed by atoms with Crippen LogP contribution in [-0.4, -0.2) is 41.3 Å². The van der Waals surface area contributed by atoms with Gasteiger partial charge in [-0.3, -0.25) is 9.69 Å². The molecule has 1 fully saturated rings. The Morgan fingerprint density at radius 3 is 2.45 bits per heavy atom. The lowest BCUT2D eigenvalue weighted by Gasteiger charge is -2.26. The van der Waals surface area contributed by atoms with Crippen LogP contribution < -0.4 is 9.47 Å². The minimum atomic E-state index is -0.474. The Labute approximate surface area is 236 Å². The largest absolute Gasteiger partial charge is 0.481 e. The molecule has 1 aliphatic rings. The van der Waals surface area contributed by atoms with Gasteiger partial charge in [-0.1, -0.05) is 32.0 Å². The van der Waals surface area contributed by atoms with Gasteiger partial charge in [0.2, 0.25) is 5.88 Å². The van der Waals surface area contributed by atoms with Crippen molar-refractivity contribution in [1.29, 1.82) is 0 Å². The molecule has 0 radical (unpaired) electrons. The Balaban J connectivity index is 1.65. The lowest BCUT2D eigenvalue weighted by atomic mass is 9.81. The SMILES string of the molecule is CCN(Cc1cc(OC(=O)c2cccc([C@H](C3CC3)[C@H](C)C(C)=O)c2)ccc1-c1cc(OC)ncc1F)C(C)C. The number of rotatable bonds is 12. The van der Waals surface area contributed by atoms with Gasteiger partial charge in [0.1, 0.15) is 17.3 Å². The van der Waals surface area contributed by atoms with Gasteiger partial charge in [0, 0.05) is 30.1 Å². The number of methoxy groups -OCH3 is 1. The van der Waals surface area contributed by atoms with Crippen molar-refractivity contribution in [2.75, 3.05) is 13.7 Å². The predicted octanol–water partition coefficient (Wildman–Crippen LogP) is 7.06. The third kappa shape index (κ3) is 6.76. The van der Waals surface area contributed by atoms with E-state index in [4.69, 9.17) is 9.47 Å². The quantitative estimate of drug-likeness (QED) is 0.179. The second kappa shape index (κ2) is 12.7. The summed E-state index contributed by atoms with van der Waals surface area (Å²) in [5.41, 5.74) is 3.31. The molecular formula is C33H39FN2O4. The molecule has 0 N–H and O–H groups in total. The molecule has 2 aromatic carbocycles. The van der Waals surface area contributed by atoms with Crippen LogP contribution in [0.3, 0.4) is 0 Å². The molecule has 0 bridgehead atoms. The van der Waals surface area contributed by atoms with E-state index in [1.165, 1.54) is 7.11 Å². The Hall–Kier alpha value is -3.58. The molecule has 0 spiro atoms. The molecule has 0 amide bonds. The molecule has 7 heteroatoms. The minimum absolute atomic E-state index is 0.0967. The van der Waals surface area contributed by atoms with Gasteiger partial charge in [0.25, 0.3) is 0 Å². The summed E-state index contributed by atoms with van der Waals surface area (Å²) in [6.07, 6.45) is 3.35. The predicted molar refractivity (Wildman–Crippen MR) is 154 cm³/mol. The van der Waals surface area contributed by atoms with Crippen LogP contribution in [0.5, 0.6) is 11.6 Å². The third-order valence-electron chi connectivity index (χ3n) is 7.94. The number of aromatic nitrogens is 1. The zero-order valence-electron chi connectivity index (χ0n) is 24.2. The third-order valence-corrected chi connectivity index (χ3v) is 7.94. The molecule has 1 aromatic heterocycles. The molecule has 1 heterocycles. The van der Waals surface area contributed by atoms with Gasteiger partial charge in [-0.25, -0.2) is 14.2 Å². The van der Waals surface area contributed by atoms with Crippen molar-refractivity contribution >= 4 is 11.8 Å². The van der Waals surface area contributed by atoms with Crippen LogP contribution in [0.25, 0.3) is 11.1 Å². The number of benzene rings is 2. The summed E-state index contributed by atoms with van der Waals surface area (Å²) in [5, 5.41) is 0. The first-order valence-electron chi connectivity index (χ1n) is 14.0. The van der Waals surface area contributed by atoms with Crippen LogP contribution in [0.2, 0.25) is 0 Å². The number of ketones is 1. The Kier molecular flexibility index (Phi) is 9.36. The molecule has 3 aromatic rings. The average molecular weight is 547 g/mol. The van der Waals surface area contributed by atoms with Crippen molar-refractivity contribution in [3.8, 4) is 22.8 Å². The highest BCUT2D eigenvalue weighted by molar-refractivity contribution is 5.91. The van der Waals surface area contributed by atoms with Gasteiger partial charge < -0.3 is 9.47 Å². The first-order chi connectivity index (χ1) is 19.1. The van der Waals surface area contributed by atoms with Gasteiger partial charge in [0.05, 0.1) is 18.9 Å². The van der Waals surface area contributed by atoms with E-state index in [1.807, 2.05) is 25.1 Å². The molecule has 6 nitrogen and oxygen atoms in total. The minimum Gasteiger partial charge on any atom is -0.481 e. The standard InChI is InChI=1S/C33H39FN2O4/c1-7-36(20(2)3)19-26-16-27(13-14-28(26)29-17-31(39-6)35-18-30(29)34)40-33(38)25-10-8-9-24(15-25)32(23-11-12-23)21(4)22(5)37/h8-10,13-18,20-21,23,32H,7,11-12,19H2,1-6H3/t21-,32+/m1/s1. The maximum atomic E-state index is 14.9. The van der Waals surface area contributed by atoms with Crippen molar-refractivity contribution in [2.45, 2.75) is 66.0 Å². The first-order valence-corrected chi connectivity index (χ1v) is 14.0. The number of carbonyl (C=O) groups is 2. The van der Waals surface area contributed by atoms with Gasteiger partial charge >= 0.3 is 5.97 Å². The summed E-state index contributed by atoms with van der Waals surface area (Å²) in [4.78, 5) is 31.7. The van der Waals surface area contributed by atoms with E-state index in [0.29, 0.717) is 40.8 Å². The summed E-state index contributed by atoms with van der Waals surface area (Å²) < 4.78 is 26.0. The number of hydrogen-bond donors (Lipinski definition) is 0. The Bertz CT molecular complexity index is 1370. The van der Waals surface area contributed by atoms with Crippen molar-refractivity contribution in [3.63, 3.8) is 0 Å². The topological polar surface area (TPSA) is 68.7 Å². The number of hydrogen-bond acceptors (Lipinski definition) is 6. The zero-order chi connectivity index (χ0) is 29.0. The van der Waals surface area contributed by atoms with E-state index in [2.05, 4.69) is 30.7 Å². The molecule has 4 rings (SSSR count). The highest BCUT2D eigenvalue weighted by atomic mass is 19.1. The van der Waals surface area contributed by atoms with Crippen LogP contribution in [0.15, 0.2) is 54.7 Å². The van der Waals surface area contributed by atoms with Crippen LogP contribution in [0, 0.1) is 17.7 Å². The fraction of sp³-hybridized carbons (Fsp3) is 0.424. The molecule has 40 heavy (non-hydrogen) atoms. The number of halogens is 1. The maximum absolute atomic E-state index is 14.9. The second-order valence-electron chi connectivity index (χ2n) is 11.0. The lowest BCUT2D eigenvalue weighted by Crippen LogP contribution is -2.30. The van der Waals surface area contributed by atoms with Crippen molar-refractivity contribution < 1.29 is 23.5 Å². The monoisotopic (exact) mass is 546 g/mol. The smallest absolute Gasteiger partial charge is 0.343 e. The lowest BCUT2D eigenvalue weighted by molar-refractivity contribution is -0.121. The van der Waals surface area contributed by atoms with Crippen LogP contribution in [-0.2, 0) is 11.3 Å². The Morgan fingerprint density at radius 2 is 1.82 bits per heavy atom. The van der Waals surface area contributed by atoms with E-state index in [0.717, 1.165) is 36.7 Å². The molecule has 0 unspecified atom stereocenters. The molecular weight excluding hydrogens is 507 g/mol. The number of carbonyl (C=O) groups excluding carboxylic acids is 2. The van der Waals surface area contributed by atoms with E-state index in [1.54, 1.807) is 37.3 Å². The highest BCUT2D eigenvalue weighted by Gasteiger charge is 2.37. The van der Waals surface area contributed by atoms with Crippen molar-refractivity contribution in [1.82, 2.24) is 9.88 Å². The van der Waals surface area contributed by atoms with Gasteiger partial charge in [-0.2, -0.15) is 0 Å². The summed E-state index contributed by atoms with van der Waals surface area (Å²) in [6.45, 7) is 11.2. The number of nitrogens with zero attached hydrogens (tertiary/aromatic N) is 2. The fourth-order valence-corrected chi connectivity index (χ4v) is 5.36.